The lowest BCUT2D eigenvalue weighted by Gasteiger charge is -2.36. The van der Waals surface area contributed by atoms with Crippen LogP contribution < -0.4 is 9.64 Å². The standard InChI is InChI=1S/C23H26F2N2O5/c1-13-11-31-21-20(27(13)22(29)32-23(3,4)5)9-16(19(26-21)12-30-14(2)28)8-15-6-7-17(24)10-18(15)25/h6-7,9-10,13H,8,11-12H2,1-5H3/t13-/m0/s1. The van der Waals surface area contributed by atoms with E-state index in [9.17, 15) is 18.4 Å². The molecule has 0 bridgehead atoms. The molecule has 0 radical (unpaired) electrons. The first kappa shape index (κ1) is 23.4. The fraction of sp³-hybridized carbons (Fsp3) is 0.435. The number of fused-ring (bicyclic) bond motifs is 1. The van der Waals surface area contributed by atoms with E-state index < -0.39 is 29.3 Å². The quantitative estimate of drug-likeness (QED) is 0.640. The van der Waals surface area contributed by atoms with Crippen molar-refractivity contribution < 1.29 is 32.6 Å². The molecule has 0 N–H and O–H groups in total. The minimum absolute atomic E-state index is 0.0412. The molecule has 1 aliphatic heterocycles. The Labute approximate surface area is 185 Å². The molecule has 0 aliphatic carbocycles. The Kier molecular flexibility index (Phi) is 6.66. The molecule has 0 saturated carbocycles. The SMILES string of the molecule is CC(=O)OCc1nc2c(cc1Cc1ccc(F)cc1F)N(C(=O)OC(C)(C)C)[C@@H](C)CO2. The van der Waals surface area contributed by atoms with Crippen molar-refractivity contribution in [2.45, 2.75) is 59.3 Å². The van der Waals surface area contributed by atoms with Gasteiger partial charge in [0.15, 0.2) is 0 Å². The summed E-state index contributed by atoms with van der Waals surface area (Å²) in [5.41, 5.74) is 0.731. The van der Waals surface area contributed by atoms with E-state index in [0.29, 0.717) is 16.9 Å². The Balaban J connectivity index is 2.06. The van der Waals surface area contributed by atoms with Crippen molar-refractivity contribution in [2.24, 2.45) is 0 Å². The predicted molar refractivity (Wildman–Crippen MR) is 113 cm³/mol. The number of anilines is 1. The van der Waals surface area contributed by atoms with E-state index in [2.05, 4.69) is 4.98 Å². The minimum Gasteiger partial charge on any atom is -0.474 e. The van der Waals surface area contributed by atoms with Crippen molar-refractivity contribution in [3.05, 3.63) is 52.7 Å². The average Bonchev–Trinajstić information content (AvgIpc) is 2.67. The van der Waals surface area contributed by atoms with Crippen LogP contribution in [0.1, 0.15) is 51.4 Å². The summed E-state index contributed by atoms with van der Waals surface area (Å²) in [5.74, 6) is -1.73. The zero-order valence-corrected chi connectivity index (χ0v) is 18.7. The number of rotatable bonds is 4. The summed E-state index contributed by atoms with van der Waals surface area (Å²) in [7, 11) is 0. The van der Waals surface area contributed by atoms with Crippen LogP contribution in [0.4, 0.5) is 19.3 Å². The monoisotopic (exact) mass is 448 g/mol. The first-order chi connectivity index (χ1) is 14.9. The van der Waals surface area contributed by atoms with Gasteiger partial charge in [0, 0.05) is 19.4 Å². The van der Waals surface area contributed by atoms with Crippen LogP contribution in [0.5, 0.6) is 5.88 Å². The van der Waals surface area contributed by atoms with E-state index in [4.69, 9.17) is 14.2 Å². The van der Waals surface area contributed by atoms with E-state index in [1.807, 2.05) is 0 Å². The summed E-state index contributed by atoms with van der Waals surface area (Å²) in [6.45, 7) is 8.39. The highest BCUT2D eigenvalue weighted by Gasteiger charge is 2.35. The zero-order valence-electron chi connectivity index (χ0n) is 18.7. The number of amides is 1. The van der Waals surface area contributed by atoms with E-state index in [1.165, 1.54) is 17.9 Å². The van der Waals surface area contributed by atoms with Crippen molar-refractivity contribution in [3.63, 3.8) is 0 Å². The van der Waals surface area contributed by atoms with Gasteiger partial charge in [-0.2, -0.15) is 0 Å². The van der Waals surface area contributed by atoms with Gasteiger partial charge in [0.25, 0.3) is 0 Å². The van der Waals surface area contributed by atoms with Gasteiger partial charge in [0.05, 0.1) is 11.7 Å². The van der Waals surface area contributed by atoms with Crippen molar-refractivity contribution in [1.29, 1.82) is 0 Å². The Morgan fingerprint density at radius 1 is 1.22 bits per heavy atom. The van der Waals surface area contributed by atoms with Gasteiger partial charge in [0.1, 0.15) is 36.1 Å². The number of hydrogen-bond acceptors (Lipinski definition) is 6. The van der Waals surface area contributed by atoms with Gasteiger partial charge in [0.2, 0.25) is 5.88 Å². The molecule has 0 spiro atoms. The van der Waals surface area contributed by atoms with Crippen LogP contribution in [0.15, 0.2) is 24.3 Å². The van der Waals surface area contributed by atoms with Crippen LogP contribution in [0.3, 0.4) is 0 Å². The molecule has 9 heteroatoms. The summed E-state index contributed by atoms with van der Waals surface area (Å²) in [4.78, 5) is 30.1. The number of ether oxygens (including phenoxy) is 3. The molecule has 1 atom stereocenters. The first-order valence-corrected chi connectivity index (χ1v) is 10.2. The molecule has 0 fully saturated rings. The zero-order chi connectivity index (χ0) is 23.6. The molecule has 1 amide bonds. The molecule has 2 heterocycles. The second-order valence-corrected chi connectivity index (χ2v) is 8.62. The van der Waals surface area contributed by atoms with Crippen molar-refractivity contribution in [1.82, 2.24) is 4.98 Å². The third kappa shape index (κ3) is 5.52. The molecule has 0 unspecified atom stereocenters. The lowest BCUT2D eigenvalue weighted by Crippen LogP contribution is -2.47. The molecular weight excluding hydrogens is 422 g/mol. The van der Waals surface area contributed by atoms with Crippen molar-refractivity contribution in [2.75, 3.05) is 11.5 Å². The lowest BCUT2D eigenvalue weighted by atomic mass is 10.0. The average molecular weight is 448 g/mol. The number of esters is 1. The highest BCUT2D eigenvalue weighted by molar-refractivity contribution is 5.91. The lowest BCUT2D eigenvalue weighted by molar-refractivity contribution is -0.142. The molecule has 2 aromatic rings. The summed E-state index contributed by atoms with van der Waals surface area (Å²) >= 11 is 0. The molecule has 0 saturated heterocycles. The van der Waals surface area contributed by atoms with Crippen LogP contribution in [0.2, 0.25) is 0 Å². The second kappa shape index (κ2) is 9.10. The summed E-state index contributed by atoms with van der Waals surface area (Å²) in [6.07, 6.45) is -0.525. The van der Waals surface area contributed by atoms with Gasteiger partial charge in [-0.3, -0.25) is 9.69 Å². The van der Waals surface area contributed by atoms with Gasteiger partial charge >= 0.3 is 12.1 Å². The van der Waals surface area contributed by atoms with Gasteiger partial charge in [-0.1, -0.05) is 6.07 Å². The van der Waals surface area contributed by atoms with Crippen LogP contribution in [-0.4, -0.2) is 35.3 Å². The van der Waals surface area contributed by atoms with Gasteiger partial charge in [-0.15, -0.1) is 0 Å². The summed E-state index contributed by atoms with van der Waals surface area (Å²) in [5, 5.41) is 0. The maximum Gasteiger partial charge on any atom is 0.415 e. The number of nitrogens with zero attached hydrogens (tertiary/aromatic N) is 2. The maximum atomic E-state index is 14.3. The van der Waals surface area contributed by atoms with Gasteiger partial charge in [-0.05, 0) is 51.0 Å². The largest absolute Gasteiger partial charge is 0.474 e. The third-order valence-electron chi connectivity index (χ3n) is 4.70. The summed E-state index contributed by atoms with van der Waals surface area (Å²) in [6, 6.07) is 4.60. The van der Waals surface area contributed by atoms with Crippen LogP contribution in [0, 0.1) is 11.6 Å². The molecule has 32 heavy (non-hydrogen) atoms. The van der Waals surface area contributed by atoms with Crippen LogP contribution >= 0.6 is 0 Å². The highest BCUT2D eigenvalue weighted by atomic mass is 19.1. The van der Waals surface area contributed by atoms with Crippen LogP contribution in [0.25, 0.3) is 0 Å². The topological polar surface area (TPSA) is 78.0 Å². The Bertz CT molecular complexity index is 1040. The third-order valence-corrected chi connectivity index (χ3v) is 4.70. The predicted octanol–water partition coefficient (Wildman–Crippen LogP) is 4.54. The van der Waals surface area contributed by atoms with E-state index in [-0.39, 0.29) is 37.1 Å². The number of carbonyl (C=O) groups is 2. The maximum absolute atomic E-state index is 14.3. The number of halogens is 2. The normalized spacial score (nSPS) is 15.6. The number of benzene rings is 1. The van der Waals surface area contributed by atoms with Crippen LogP contribution in [-0.2, 0) is 27.3 Å². The van der Waals surface area contributed by atoms with E-state index in [1.54, 1.807) is 33.8 Å². The molecule has 1 aromatic heterocycles. The van der Waals surface area contributed by atoms with E-state index >= 15 is 0 Å². The minimum atomic E-state index is -0.713. The Morgan fingerprint density at radius 2 is 1.94 bits per heavy atom. The molecule has 3 rings (SSSR count). The Hall–Kier alpha value is -3.23. The smallest absolute Gasteiger partial charge is 0.415 e. The summed E-state index contributed by atoms with van der Waals surface area (Å²) < 4.78 is 44.0. The first-order valence-electron chi connectivity index (χ1n) is 10.2. The molecule has 172 valence electrons. The molecule has 1 aromatic carbocycles. The highest BCUT2D eigenvalue weighted by Crippen LogP contribution is 2.36. The van der Waals surface area contributed by atoms with E-state index in [0.717, 1.165) is 12.1 Å². The van der Waals surface area contributed by atoms with Gasteiger partial charge in [-0.25, -0.2) is 18.6 Å². The molecule has 1 aliphatic rings. The Morgan fingerprint density at radius 3 is 2.56 bits per heavy atom. The number of aromatic nitrogens is 1. The second-order valence-electron chi connectivity index (χ2n) is 8.62. The number of carbonyl (C=O) groups excluding carboxylic acids is 2. The fourth-order valence-electron chi connectivity index (χ4n) is 3.26. The van der Waals surface area contributed by atoms with Gasteiger partial charge < -0.3 is 14.2 Å². The van der Waals surface area contributed by atoms with Crippen molar-refractivity contribution >= 4 is 17.7 Å². The molecule has 7 nitrogen and oxygen atoms in total. The number of hydrogen-bond donors (Lipinski definition) is 0. The number of pyridine rings is 1. The van der Waals surface area contributed by atoms with Crippen molar-refractivity contribution in [3.8, 4) is 5.88 Å². The fourth-order valence-corrected chi connectivity index (χ4v) is 3.26. The molecular formula is C23H26F2N2O5.